The summed E-state index contributed by atoms with van der Waals surface area (Å²) in [5.41, 5.74) is 7.63. The van der Waals surface area contributed by atoms with Crippen LogP contribution < -0.4 is 5.32 Å². The van der Waals surface area contributed by atoms with Crippen LogP contribution in [-0.4, -0.2) is 25.7 Å². The van der Waals surface area contributed by atoms with Crippen LogP contribution in [0.4, 0.5) is 5.13 Å². The van der Waals surface area contributed by atoms with Gasteiger partial charge in [-0.3, -0.25) is 10.1 Å². The highest BCUT2D eigenvalue weighted by molar-refractivity contribution is 7.14. The Bertz CT molecular complexity index is 1270. The van der Waals surface area contributed by atoms with Gasteiger partial charge in [-0.15, -0.1) is 11.3 Å². The van der Waals surface area contributed by atoms with Gasteiger partial charge in [0.2, 0.25) is 0 Å². The number of anilines is 1. The summed E-state index contributed by atoms with van der Waals surface area (Å²) in [6, 6.07) is 6.38. The number of amides is 1. The van der Waals surface area contributed by atoms with Crippen molar-refractivity contribution in [2.24, 2.45) is 0 Å². The van der Waals surface area contributed by atoms with E-state index in [2.05, 4.69) is 67.1 Å². The molecular formula is C23H25N5OS. The van der Waals surface area contributed by atoms with E-state index in [-0.39, 0.29) is 11.9 Å². The molecule has 4 aromatic rings. The highest BCUT2D eigenvalue weighted by Crippen LogP contribution is 2.30. The number of carbonyl (C=O) groups is 1. The van der Waals surface area contributed by atoms with Gasteiger partial charge in [-0.2, -0.15) is 5.10 Å². The number of nitrogens with one attached hydrogen (secondary N) is 1. The van der Waals surface area contributed by atoms with Crippen LogP contribution >= 0.6 is 11.3 Å². The minimum atomic E-state index is -0.211. The molecule has 6 nitrogen and oxygen atoms in total. The van der Waals surface area contributed by atoms with Crippen molar-refractivity contribution in [2.45, 2.75) is 47.6 Å². The topological polar surface area (TPSA) is 72.7 Å². The predicted octanol–water partition coefficient (Wildman–Crippen LogP) is 5.62. The van der Waals surface area contributed by atoms with Gasteiger partial charge < -0.3 is 0 Å². The van der Waals surface area contributed by atoms with Crippen LogP contribution in [0.5, 0.6) is 0 Å². The van der Waals surface area contributed by atoms with Crippen LogP contribution in [0.2, 0.25) is 0 Å². The lowest BCUT2D eigenvalue weighted by molar-refractivity contribution is 0.102. The molecule has 0 aliphatic rings. The van der Waals surface area contributed by atoms with E-state index >= 15 is 0 Å². The van der Waals surface area contributed by atoms with E-state index in [0.29, 0.717) is 16.4 Å². The van der Waals surface area contributed by atoms with Gasteiger partial charge in [0.1, 0.15) is 0 Å². The van der Waals surface area contributed by atoms with Gasteiger partial charge in [-0.1, -0.05) is 6.07 Å². The molecule has 3 aromatic heterocycles. The van der Waals surface area contributed by atoms with Crippen molar-refractivity contribution >= 4 is 33.4 Å². The zero-order valence-corrected chi connectivity index (χ0v) is 18.9. The number of thiazole rings is 1. The zero-order chi connectivity index (χ0) is 21.6. The summed E-state index contributed by atoms with van der Waals surface area (Å²) in [6.45, 7) is 12.2. The average Bonchev–Trinajstić information content (AvgIpc) is 3.30. The van der Waals surface area contributed by atoms with Crippen molar-refractivity contribution in [1.29, 1.82) is 0 Å². The van der Waals surface area contributed by atoms with Gasteiger partial charge in [0.15, 0.2) is 10.8 Å². The summed E-state index contributed by atoms with van der Waals surface area (Å²) in [7, 11) is 0. The molecule has 0 unspecified atom stereocenters. The Balaban J connectivity index is 1.61. The second-order valence-electron chi connectivity index (χ2n) is 7.96. The van der Waals surface area contributed by atoms with Crippen molar-refractivity contribution in [1.82, 2.24) is 19.7 Å². The summed E-state index contributed by atoms with van der Waals surface area (Å²) in [6.07, 6.45) is 1.75. The Morgan fingerprint density at radius 3 is 2.50 bits per heavy atom. The SMILES string of the molecule is Cc1cc(C)c(-c2csc(NC(=O)c3cc4cnn(C(C)C)c4nc3C)n2)cc1C. The molecule has 0 saturated heterocycles. The number of hydrogen-bond donors (Lipinski definition) is 1. The molecule has 1 amide bonds. The van der Waals surface area contributed by atoms with Crippen molar-refractivity contribution in [3.8, 4) is 11.3 Å². The molecule has 30 heavy (non-hydrogen) atoms. The Labute approximate surface area is 180 Å². The quantitative estimate of drug-likeness (QED) is 0.466. The van der Waals surface area contributed by atoms with Crippen molar-refractivity contribution in [2.75, 3.05) is 5.32 Å². The second-order valence-corrected chi connectivity index (χ2v) is 8.82. The number of fused-ring (bicyclic) bond motifs is 1. The summed E-state index contributed by atoms with van der Waals surface area (Å²) in [5.74, 6) is -0.211. The molecule has 0 aliphatic heterocycles. The maximum Gasteiger partial charge on any atom is 0.259 e. The lowest BCUT2D eigenvalue weighted by Crippen LogP contribution is -2.14. The van der Waals surface area contributed by atoms with Crippen molar-refractivity contribution in [3.05, 3.63) is 57.7 Å². The van der Waals surface area contributed by atoms with Crippen LogP contribution in [0.1, 0.15) is 52.6 Å². The number of rotatable bonds is 4. The Kier molecular flexibility index (Phi) is 5.15. The molecule has 0 aliphatic carbocycles. The fraction of sp³-hybridized carbons (Fsp3) is 0.304. The number of nitrogens with zero attached hydrogens (tertiary/aromatic N) is 4. The summed E-state index contributed by atoms with van der Waals surface area (Å²) < 4.78 is 1.86. The van der Waals surface area contributed by atoms with Crippen molar-refractivity contribution in [3.63, 3.8) is 0 Å². The molecule has 0 atom stereocenters. The molecule has 0 saturated carbocycles. The van der Waals surface area contributed by atoms with E-state index in [1.54, 1.807) is 6.20 Å². The van der Waals surface area contributed by atoms with Gasteiger partial charge in [0.25, 0.3) is 5.91 Å². The molecule has 3 heterocycles. The Morgan fingerprint density at radius 2 is 1.77 bits per heavy atom. The normalized spacial score (nSPS) is 11.4. The molecular weight excluding hydrogens is 394 g/mol. The highest BCUT2D eigenvalue weighted by Gasteiger charge is 2.17. The Hall–Kier alpha value is -3.06. The first kappa shape index (κ1) is 20.2. The minimum absolute atomic E-state index is 0.205. The number of carbonyl (C=O) groups excluding carboxylic acids is 1. The van der Waals surface area contributed by atoms with E-state index in [4.69, 9.17) is 0 Å². The molecule has 7 heteroatoms. The maximum atomic E-state index is 12.9. The number of hydrogen-bond acceptors (Lipinski definition) is 5. The van der Waals surface area contributed by atoms with Gasteiger partial charge in [0, 0.05) is 22.4 Å². The van der Waals surface area contributed by atoms with Gasteiger partial charge in [-0.25, -0.2) is 14.6 Å². The van der Waals surface area contributed by atoms with Gasteiger partial charge in [-0.05, 0) is 70.4 Å². The van der Waals surface area contributed by atoms with Crippen LogP contribution in [0.25, 0.3) is 22.3 Å². The van der Waals surface area contributed by atoms with E-state index in [0.717, 1.165) is 22.3 Å². The standard InChI is InChI=1S/C23H25N5OS/c1-12(2)28-21-17(10-24-28)9-19(16(6)25-21)22(29)27-23-26-20(11-30-23)18-8-14(4)13(3)7-15(18)5/h7-12H,1-6H3,(H,26,27,29). The van der Waals surface area contributed by atoms with E-state index < -0.39 is 0 Å². The molecule has 154 valence electrons. The number of aromatic nitrogens is 4. The molecule has 4 rings (SSSR count). The first-order valence-electron chi connectivity index (χ1n) is 9.94. The largest absolute Gasteiger partial charge is 0.298 e. The summed E-state index contributed by atoms with van der Waals surface area (Å²) in [5, 5.41) is 10.7. The second kappa shape index (κ2) is 7.65. The first-order chi connectivity index (χ1) is 14.2. The number of pyridine rings is 1. The van der Waals surface area contributed by atoms with Gasteiger partial charge >= 0.3 is 0 Å². The Morgan fingerprint density at radius 1 is 1.03 bits per heavy atom. The van der Waals surface area contributed by atoms with Gasteiger partial charge in [0.05, 0.1) is 23.1 Å². The molecule has 0 bridgehead atoms. The highest BCUT2D eigenvalue weighted by atomic mass is 32.1. The lowest BCUT2D eigenvalue weighted by atomic mass is 9.99. The summed E-state index contributed by atoms with van der Waals surface area (Å²) in [4.78, 5) is 22.2. The fourth-order valence-electron chi connectivity index (χ4n) is 3.53. The molecule has 1 aromatic carbocycles. The molecule has 0 fully saturated rings. The maximum absolute atomic E-state index is 12.9. The van der Waals surface area contributed by atoms with E-state index in [1.807, 2.05) is 23.1 Å². The third-order valence-corrected chi connectivity index (χ3v) is 6.09. The molecule has 0 spiro atoms. The van der Waals surface area contributed by atoms with Crippen LogP contribution in [0, 0.1) is 27.7 Å². The smallest absolute Gasteiger partial charge is 0.259 e. The third-order valence-electron chi connectivity index (χ3n) is 5.33. The predicted molar refractivity (Wildman–Crippen MR) is 122 cm³/mol. The number of benzene rings is 1. The monoisotopic (exact) mass is 419 g/mol. The third kappa shape index (κ3) is 3.61. The minimum Gasteiger partial charge on any atom is -0.298 e. The molecule has 1 N–H and O–H groups in total. The average molecular weight is 420 g/mol. The van der Waals surface area contributed by atoms with Crippen LogP contribution in [-0.2, 0) is 0 Å². The van der Waals surface area contributed by atoms with Crippen LogP contribution in [0.3, 0.4) is 0 Å². The van der Waals surface area contributed by atoms with Crippen molar-refractivity contribution < 1.29 is 4.79 Å². The summed E-state index contributed by atoms with van der Waals surface area (Å²) >= 11 is 1.42. The van der Waals surface area contributed by atoms with E-state index in [1.165, 1.54) is 28.0 Å². The van der Waals surface area contributed by atoms with E-state index in [9.17, 15) is 4.79 Å². The fourth-order valence-corrected chi connectivity index (χ4v) is 4.23. The zero-order valence-electron chi connectivity index (χ0n) is 18.1. The first-order valence-corrected chi connectivity index (χ1v) is 10.8. The lowest BCUT2D eigenvalue weighted by Gasteiger charge is -2.09. The van der Waals surface area contributed by atoms with Crippen LogP contribution in [0.15, 0.2) is 29.8 Å². The molecule has 0 radical (unpaired) electrons. The number of aryl methyl sites for hydroxylation is 4.